The Kier molecular flexibility index (Phi) is 4.05. The molecule has 0 saturated carbocycles. The Morgan fingerprint density at radius 2 is 2.12 bits per heavy atom. The van der Waals surface area contributed by atoms with Crippen LogP contribution in [-0.4, -0.2) is 37.4 Å². The minimum Gasteiger partial charge on any atom is -0.462 e. The molecule has 2 saturated heterocycles. The van der Waals surface area contributed by atoms with E-state index in [0.717, 1.165) is 45.4 Å². The van der Waals surface area contributed by atoms with Crippen LogP contribution in [0, 0.1) is 5.92 Å². The van der Waals surface area contributed by atoms with Gasteiger partial charge in [-0.25, -0.2) is 0 Å². The molecule has 98 valence electrons. The van der Waals surface area contributed by atoms with Crippen LogP contribution in [0.1, 0.15) is 39.5 Å². The van der Waals surface area contributed by atoms with E-state index >= 15 is 0 Å². The number of esters is 1. The first kappa shape index (κ1) is 12.8. The number of rotatable bonds is 3. The number of nitrogens with one attached hydrogen (secondary N) is 1. The van der Waals surface area contributed by atoms with E-state index < -0.39 is 5.54 Å². The molecule has 17 heavy (non-hydrogen) atoms. The Morgan fingerprint density at radius 3 is 2.65 bits per heavy atom. The average molecular weight is 241 g/mol. The quantitative estimate of drug-likeness (QED) is 0.760. The molecule has 0 radical (unpaired) electrons. The van der Waals surface area contributed by atoms with Gasteiger partial charge in [0.25, 0.3) is 0 Å². The van der Waals surface area contributed by atoms with Crippen molar-refractivity contribution >= 4 is 5.97 Å². The predicted molar refractivity (Wildman–Crippen MR) is 64.7 cm³/mol. The number of hydrogen-bond acceptors (Lipinski definition) is 4. The third-order valence-corrected chi connectivity index (χ3v) is 3.81. The largest absolute Gasteiger partial charge is 0.462 e. The molecule has 1 N–H and O–H groups in total. The summed E-state index contributed by atoms with van der Waals surface area (Å²) in [6.45, 7) is 6.27. The summed E-state index contributed by atoms with van der Waals surface area (Å²) in [4.78, 5) is 12.4. The first-order valence-corrected chi connectivity index (χ1v) is 6.69. The van der Waals surface area contributed by atoms with Crippen LogP contribution in [0.5, 0.6) is 0 Å². The van der Waals surface area contributed by atoms with Gasteiger partial charge in [0.1, 0.15) is 5.54 Å². The van der Waals surface area contributed by atoms with Crippen molar-refractivity contribution in [3.63, 3.8) is 0 Å². The number of ether oxygens (including phenoxy) is 2. The maximum absolute atomic E-state index is 12.4. The monoisotopic (exact) mass is 241 g/mol. The molecule has 0 spiro atoms. The summed E-state index contributed by atoms with van der Waals surface area (Å²) >= 11 is 0. The Hall–Kier alpha value is -0.610. The van der Waals surface area contributed by atoms with Gasteiger partial charge in [0.2, 0.25) is 0 Å². The van der Waals surface area contributed by atoms with Crippen molar-refractivity contribution in [2.24, 2.45) is 5.92 Å². The SMILES string of the molecule is CC(C)OC(=O)[C@]1(C2CCOCC2)CCCN1. The fourth-order valence-electron chi connectivity index (χ4n) is 2.97. The highest BCUT2D eigenvalue weighted by Gasteiger charge is 2.49. The van der Waals surface area contributed by atoms with Gasteiger partial charge in [-0.1, -0.05) is 0 Å². The molecular weight excluding hydrogens is 218 g/mol. The van der Waals surface area contributed by atoms with E-state index in [2.05, 4.69) is 5.32 Å². The van der Waals surface area contributed by atoms with Gasteiger partial charge in [-0.3, -0.25) is 4.79 Å². The van der Waals surface area contributed by atoms with E-state index in [1.165, 1.54) is 0 Å². The molecule has 0 aromatic carbocycles. The van der Waals surface area contributed by atoms with Crippen LogP contribution < -0.4 is 5.32 Å². The third kappa shape index (κ3) is 2.63. The molecule has 2 aliphatic heterocycles. The van der Waals surface area contributed by atoms with E-state index in [1.807, 2.05) is 13.8 Å². The Balaban J connectivity index is 2.10. The smallest absolute Gasteiger partial charge is 0.326 e. The van der Waals surface area contributed by atoms with E-state index in [0.29, 0.717) is 5.92 Å². The highest BCUT2D eigenvalue weighted by molar-refractivity contribution is 5.82. The minimum absolute atomic E-state index is 0.0402. The van der Waals surface area contributed by atoms with Gasteiger partial charge < -0.3 is 14.8 Å². The lowest BCUT2D eigenvalue weighted by Crippen LogP contribution is -2.56. The molecule has 0 bridgehead atoms. The maximum Gasteiger partial charge on any atom is 0.326 e. The highest BCUT2D eigenvalue weighted by Crippen LogP contribution is 2.35. The van der Waals surface area contributed by atoms with Gasteiger partial charge in [-0.05, 0) is 52.0 Å². The van der Waals surface area contributed by atoms with Gasteiger partial charge in [-0.15, -0.1) is 0 Å². The maximum atomic E-state index is 12.4. The molecule has 0 aliphatic carbocycles. The van der Waals surface area contributed by atoms with Crippen LogP contribution in [0.2, 0.25) is 0 Å². The highest BCUT2D eigenvalue weighted by atomic mass is 16.5. The van der Waals surface area contributed by atoms with Crippen LogP contribution in [0.3, 0.4) is 0 Å². The van der Waals surface area contributed by atoms with Crippen molar-refractivity contribution in [3.8, 4) is 0 Å². The zero-order valence-corrected chi connectivity index (χ0v) is 10.8. The molecule has 2 rings (SSSR count). The second-order valence-corrected chi connectivity index (χ2v) is 5.34. The molecule has 2 heterocycles. The van der Waals surface area contributed by atoms with Gasteiger partial charge in [0.15, 0.2) is 0 Å². The number of carbonyl (C=O) groups excluding carboxylic acids is 1. The first-order valence-electron chi connectivity index (χ1n) is 6.69. The molecule has 0 amide bonds. The van der Waals surface area contributed by atoms with E-state index in [9.17, 15) is 4.79 Å². The zero-order chi connectivity index (χ0) is 12.3. The normalized spacial score (nSPS) is 30.8. The lowest BCUT2D eigenvalue weighted by Gasteiger charge is -2.38. The van der Waals surface area contributed by atoms with E-state index in [1.54, 1.807) is 0 Å². The fraction of sp³-hybridized carbons (Fsp3) is 0.923. The van der Waals surface area contributed by atoms with Gasteiger partial charge in [0.05, 0.1) is 6.10 Å². The summed E-state index contributed by atoms with van der Waals surface area (Å²) in [5, 5.41) is 3.41. The fourth-order valence-corrected chi connectivity index (χ4v) is 2.97. The molecule has 4 nitrogen and oxygen atoms in total. The van der Waals surface area contributed by atoms with Crippen LogP contribution in [0.25, 0.3) is 0 Å². The first-order chi connectivity index (χ1) is 8.15. The molecule has 0 aromatic rings. The summed E-state index contributed by atoms with van der Waals surface area (Å²) in [5.41, 5.74) is -0.436. The van der Waals surface area contributed by atoms with Crippen molar-refractivity contribution < 1.29 is 14.3 Å². The van der Waals surface area contributed by atoms with E-state index in [-0.39, 0.29) is 12.1 Å². The zero-order valence-electron chi connectivity index (χ0n) is 10.8. The minimum atomic E-state index is -0.436. The van der Waals surface area contributed by atoms with Crippen LogP contribution >= 0.6 is 0 Å². The second kappa shape index (κ2) is 5.36. The van der Waals surface area contributed by atoms with Crippen molar-refractivity contribution in [2.45, 2.75) is 51.2 Å². The van der Waals surface area contributed by atoms with Crippen LogP contribution in [-0.2, 0) is 14.3 Å². The van der Waals surface area contributed by atoms with Crippen molar-refractivity contribution in [1.82, 2.24) is 5.32 Å². The summed E-state index contributed by atoms with van der Waals surface area (Å²) in [7, 11) is 0. The summed E-state index contributed by atoms with van der Waals surface area (Å²) in [5.74, 6) is 0.307. The average Bonchev–Trinajstić information content (AvgIpc) is 2.79. The number of hydrogen-bond donors (Lipinski definition) is 1. The molecule has 0 aromatic heterocycles. The number of carbonyl (C=O) groups is 1. The van der Waals surface area contributed by atoms with Crippen molar-refractivity contribution in [3.05, 3.63) is 0 Å². The van der Waals surface area contributed by atoms with Crippen LogP contribution in [0.4, 0.5) is 0 Å². The summed E-state index contributed by atoms with van der Waals surface area (Å²) in [6.07, 6.45) is 3.84. The van der Waals surface area contributed by atoms with E-state index in [4.69, 9.17) is 9.47 Å². The van der Waals surface area contributed by atoms with Gasteiger partial charge >= 0.3 is 5.97 Å². The third-order valence-electron chi connectivity index (χ3n) is 3.81. The Labute approximate surface area is 103 Å². The standard InChI is InChI=1S/C13H23NO3/c1-10(2)17-12(15)13(6-3-7-14-13)11-4-8-16-9-5-11/h10-11,14H,3-9H2,1-2H3/t13-/m1/s1. The Morgan fingerprint density at radius 1 is 1.41 bits per heavy atom. The lowest BCUT2D eigenvalue weighted by atomic mass is 9.78. The Bertz CT molecular complexity index is 266. The lowest BCUT2D eigenvalue weighted by molar-refractivity contribution is -0.159. The molecule has 2 aliphatic rings. The topological polar surface area (TPSA) is 47.6 Å². The molecule has 4 heteroatoms. The molecular formula is C13H23NO3. The van der Waals surface area contributed by atoms with Crippen LogP contribution in [0.15, 0.2) is 0 Å². The second-order valence-electron chi connectivity index (χ2n) is 5.34. The molecule has 1 atom stereocenters. The predicted octanol–water partition coefficient (Wildman–Crippen LogP) is 1.49. The van der Waals surface area contributed by atoms with Gasteiger partial charge in [-0.2, -0.15) is 0 Å². The molecule has 2 fully saturated rings. The van der Waals surface area contributed by atoms with Crippen molar-refractivity contribution in [2.75, 3.05) is 19.8 Å². The molecule has 0 unspecified atom stereocenters. The summed E-state index contributed by atoms with van der Waals surface area (Å²) in [6, 6.07) is 0. The van der Waals surface area contributed by atoms with Crippen molar-refractivity contribution in [1.29, 1.82) is 0 Å². The van der Waals surface area contributed by atoms with Gasteiger partial charge in [0, 0.05) is 13.2 Å². The summed E-state index contributed by atoms with van der Waals surface area (Å²) < 4.78 is 10.8.